The first-order chi connectivity index (χ1) is 16.6. The van der Waals surface area contributed by atoms with E-state index in [0.29, 0.717) is 32.7 Å². The fourth-order valence-electron chi connectivity index (χ4n) is 4.61. The Morgan fingerprint density at radius 3 is 1.79 bits per heavy atom. The lowest BCUT2D eigenvalue weighted by Gasteiger charge is -2.29. The van der Waals surface area contributed by atoms with Crippen molar-refractivity contribution < 1.29 is 28.0 Å². The summed E-state index contributed by atoms with van der Waals surface area (Å²) < 4.78 is 17.0. The average molecular weight is 505 g/mol. The van der Waals surface area contributed by atoms with Gasteiger partial charge in [0.2, 0.25) is 0 Å². The highest BCUT2D eigenvalue weighted by Gasteiger charge is 2.26. The molecule has 0 aromatic heterocycles. The van der Waals surface area contributed by atoms with Gasteiger partial charge < -0.3 is 23.2 Å². The van der Waals surface area contributed by atoms with Crippen LogP contribution in [0.25, 0.3) is 0 Å². The van der Waals surface area contributed by atoms with Gasteiger partial charge in [-0.3, -0.25) is 4.79 Å². The van der Waals surface area contributed by atoms with Gasteiger partial charge in [-0.1, -0.05) is 90.4 Å². The monoisotopic (exact) mass is 504 g/mol. The predicted molar refractivity (Wildman–Crippen MR) is 142 cm³/mol. The summed E-state index contributed by atoms with van der Waals surface area (Å²) in [5.41, 5.74) is 0. The quantitative estimate of drug-likeness (QED) is 0.0647. The second kappa shape index (κ2) is 22.0. The maximum absolute atomic E-state index is 11.8. The summed E-state index contributed by atoms with van der Waals surface area (Å²) in [6, 6.07) is 0. The van der Waals surface area contributed by atoms with E-state index in [-0.39, 0.29) is 5.97 Å². The molecule has 34 heavy (non-hydrogen) atoms. The molecule has 1 N–H and O–H groups in total. The van der Waals surface area contributed by atoms with E-state index in [4.69, 9.17) is 13.8 Å². The van der Waals surface area contributed by atoms with Crippen LogP contribution in [0.1, 0.15) is 122 Å². The van der Waals surface area contributed by atoms with Crippen LogP contribution in [0, 0.1) is 0 Å². The van der Waals surface area contributed by atoms with Gasteiger partial charge >= 0.3 is 14.6 Å². The molecule has 0 radical (unpaired) electrons. The van der Waals surface area contributed by atoms with Crippen LogP contribution in [0.4, 0.5) is 0 Å². The Morgan fingerprint density at radius 2 is 1.24 bits per heavy atom. The van der Waals surface area contributed by atoms with Gasteiger partial charge in [0.25, 0.3) is 0 Å². The molecule has 1 aliphatic rings. The van der Waals surface area contributed by atoms with E-state index < -0.39 is 8.60 Å². The highest BCUT2D eigenvalue weighted by atomic mass is 31.2. The van der Waals surface area contributed by atoms with Crippen molar-refractivity contribution in [3.8, 4) is 0 Å². The molecule has 0 aromatic rings. The second-order valence-corrected chi connectivity index (χ2v) is 11.3. The first-order valence-corrected chi connectivity index (χ1v) is 15.4. The fraction of sp³-hybridized carbons (Fsp3) is 0.963. The van der Waals surface area contributed by atoms with Crippen LogP contribution in [0.2, 0.25) is 0 Å². The van der Waals surface area contributed by atoms with Crippen LogP contribution < -0.4 is 0 Å². The molecular formula is C27H55NO5P+. The van der Waals surface area contributed by atoms with Crippen LogP contribution in [-0.4, -0.2) is 61.8 Å². The Labute approximate surface area is 211 Å². The molecule has 0 saturated carbocycles. The Bertz CT molecular complexity index is 474. The summed E-state index contributed by atoms with van der Waals surface area (Å²) in [5.74, 6) is -0.173. The third kappa shape index (κ3) is 19.0. The molecule has 1 unspecified atom stereocenters. The normalized spacial score (nSPS) is 16.1. The molecule has 1 rings (SSSR count). The highest BCUT2D eigenvalue weighted by molar-refractivity contribution is 7.40. The topological polar surface area (TPSA) is 65.0 Å². The molecule has 202 valence electrons. The SMILES string of the molecule is CCCCCCCCCCCCCCCCOC(=O)CCCOP(O)OCC[N+]1(C)CCCC1. The van der Waals surface area contributed by atoms with Gasteiger partial charge in [-0.25, -0.2) is 0 Å². The molecule has 1 fully saturated rings. The molecular weight excluding hydrogens is 449 g/mol. The Hall–Kier alpha value is -0.260. The lowest BCUT2D eigenvalue weighted by atomic mass is 10.0. The van der Waals surface area contributed by atoms with Gasteiger partial charge in [-0.05, 0) is 12.8 Å². The third-order valence-corrected chi connectivity index (χ3v) is 7.77. The van der Waals surface area contributed by atoms with Crippen molar-refractivity contribution in [1.82, 2.24) is 0 Å². The van der Waals surface area contributed by atoms with Crippen molar-refractivity contribution in [2.45, 2.75) is 122 Å². The van der Waals surface area contributed by atoms with Crippen LogP contribution in [-0.2, 0) is 18.6 Å². The molecule has 1 heterocycles. The standard InChI is InChI=1S/C27H55NO5P/c1-3-4-5-6-7-8-9-10-11-12-13-14-15-18-24-31-27(29)20-19-25-32-34(30)33-26-23-28(2)21-16-17-22-28/h30H,3-26H2,1-2H3/q+1. The van der Waals surface area contributed by atoms with Crippen molar-refractivity contribution in [2.24, 2.45) is 0 Å². The Morgan fingerprint density at radius 1 is 0.735 bits per heavy atom. The van der Waals surface area contributed by atoms with E-state index >= 15 is 0 Å². The molecule has 6 nitrogen and oxygen atoms in total. The van der Waals surface area contributed by atoms with E-state index in [0.717, 1.165) is 23.9 Å². The third-order valence-electron chi connectivity index (χ3n) is 6.97. The number of likely N-dealkylation sites (N-methyl/N-ethyl adjacent to an activating group) is 1. The van der Waals surface area contributed by atoms with Gasteiger partial charge in [-0.2, -0.15) is 0 Å². The number of nitrogens with zero attached hydrogens (tertiary/aromatic N) is 1. The summed E-state index contributed by atoms with van der Waals surface area (Å²) in [6.07, 6.45) is 21.9. The number of carbonyl (C=O) groups is 1. The minimum atomic E-state index is -1.85. The van der Waals surface area contributed by atoms with Crippen LogP contribution in [0.3, 0.4) is 0 Å². The summed E-state index contributed by atoms with van der Waals surface area (Å²) in [5, 5.41) is 0. The lowest BCUT2D eigenvalue weighted by Crippen LogP contribution is -2.43. The minimum absolute atomic E-state index is 0.173. The maximum Gasteiger partial charge on any atom is 0.330 e. The first-order valence-electron chi connectivity index (χ1n) is 14.3. The molecule has 0 spiro atoms. The van der Waals surface area contributed by atoms with E-state index in [2.05, 4.69) is 14.0 Å². The number of hydrogen-bond donors (Lipinski definition) is 1. The van der Waals surface area contributed by atoms with Crippen molar-refractivity contribution in [3.05, 3.63) is 0 Å². The van der Waals surface area contributed by atoms with Gasteiger partial charge in [-0.15, -0.1) is 0 Å². The second-order valence-electron chi connectivity index (χ2n) is 10.3. The van der Waals surface area contributed by atoms with Crippen molar-refractivity contribution in [2.75, 3.05) is 46.5 Å². The molecule has 0 aromatic carbocycles. The van der Waals surface area contributed by atoms with Crippen LogP contribution in [0.15, 0.2) is 0 Å². The number of unbranched alkanes of at least 4 members (excludes halogenated alkanes) is 13. The molecule has 1 saturated heterocycles. The zero-order chi connectivity index (χ0) is 24.7. The molecule has 0 amide bonds. The van der Waals surface area contributed by atoms with Crippen LogP contribution in [0.5, 0.6) is 0 Å². The number of esters is 1. The van der Waals surface area contributed by atoms with E-state index in [9.17, 15) is 9.69 Å². The molecule has 7 heteroatoms. The van der Waals surface area contributed by atoms with Gasteiger partial charge in [0.15, 0.2) is 0 Å². The van der Waals surface area contributed by atoms with Crippen molar-refractivity contribution >= 4 is 14.6 Å². The fourth-order valence-corrected chi connectivity index (χ4v) is 5.21. The number of hydrogen-bond acceptors (Lipinski definition) is 5. The van der Waals surface area contributed by atoms with Crippen molar-refractivity contribution in [1.29, 1.82) is 0 Å². The number of likely N-dealkylation sites (tertiary alicyclic amines) is 1. The summed E-state index contributed by atoms with van der Waals surface area (Å²) in [7, 11) is 0.392. The molecule has 1 atom stereocenters. The Kier molecular flexibility index (Phi) is 20.5. The van der Waals surface area contributed by atoms with E-state index in [1.165, 1.54) is 103 Å². The summed E-state index contributed by atoms with van der Waals surface area (Å²) in [6.45, 7) is 6.92. The smallest absolute Gasteiger partial charge is 0.330 e. The highest BCUT2D eigenvalue weighted by Crippen LogP contribution is 2.33. The first kappa shape index (κ1) is 31.8. The maximum atomic E-state index is 11.8. The van der Waals surface area contributed by atoms with Gasteiger partial charge in [0, 0.05) is 19.3 Å². The van der Waals surface area contributed by atoms with E-state index in [1.54, 1.807) is 0 Å². The number of quaternary nitrogens is 1. The number of ether oxygens (including phenoxy) is 1. The number of carbonyl (C=O) groups excluding carboxylic acids is 1. The number of rotatable bonds is 24. The van der Waals surface area contributed by atoms with Crippen LogP contribution >= 0.6 is 8.60 Å². The molecule has 0 bridgehead atoms. The van der Waals surface area contributed by atoms with Gasteiger partial charge in [0.05, 0.1) is 33.4 Å². The largest absolute Gasteiger partial charge is 0.466 e. The average Bonchev–Trinajstić information content (AvgIpc) is 3.25. The zero-order valence-corrected chi connectivity index (χ0v) is 23.3. The molecule has 1 aliphatic heterocycles. The summed E-state index contributed by atoms with van der Waals surface area (Å²) in [4.78, 5) is 21.6. The Balaban J connectivity index is 1.77. The minimum Gasteiger partial charge on any atom is -0.466 e. The lowest BCUT2D eigenvalue weighted by molar-refractivity contribution is -0.897. The van der Waals surface area contributed by atoms with Gasteiger partial charge in [0.1, 0.15) is 13.2 Å². The van der Waals surface area contributed by atoms with Crippen molar-refractivity contribution in [3.63, 3.8) is 0 Å². The summed E-state index contributed by atoms with van der Waals surface area (Å²) >= 11 is 0. The van der Waals surface area contributed by atoms with E-state index in [1.807, 2.05) is 0 Å². The zero-order valence-electron chi connectivity index (χ0n) is 22.4. The predicted octanol–water partition coefficient (Wildman–Crippen LogP) is 7.28. The molecule has 0 aliphatic carbocycles.